The van der Waals surface area contributed by atoms with Crippen LogP contribution in [0.1, 0.15) is 17.4 Å². The summed E-state index contributed by atoms with van der Waals surface area (Å²) in [5.74, 6) is 1.14. The second-order valence-corrected chi connectivity index (χ2v) is 4.36. The van der Waals surface area contributed by atoms with Gasteiger partial charge in [-0.1, -0.05) is 18.2 Å². The van der Waals surface area contributed by atoms with Gasteiger partial charge in [0.2, 0.25) is 5.88 Å². The number of hydrogen-bond acceptors (Lipinski definition) is 5. The van der Waals surface area contributed by atoms with Gasteiger partial charge in [-0.3, -0.25) is 4.98 Å². The first-order valence-corrected chi connectivity index (χ1v) is 6.07. The average molecular weight is 258 g/mol. The Labute approximate surface area is 110 Å². The smallest absolute Gasteiger partial charge is 0.238 e. The van der Waals surface area contributed by atoms with Crippen LogP contribution in [0, 0.1) is 0 Å². The predicted octanol–water partition coefficient (Wildman–Crippen LogP) is 1.52. The van der Waals surface area contributed by atoms with Crippen LogP contribution in [0.25, 0.3) is 0 Å². The number of aliphatic hydroxyl groups is 1. The molecule has 3 rings (SSSR count). The summed E-state index contributed by atoms with van der Waals surface area (Å²) in [5, 5.41) is 10.4. The molecule has 0 aliphatic carbocycles. The lowest BCUT2D eigenvalue weighted by atomic mass is 10.0. The summed E-state index contributed by atoms with van der Waals surface area (Å²) in [6.07, 6.45) is 2.48. The van der Waals surface area contributed by atoms with Crippen LogP contribution in [-0.4, -0.2) is 28.3 Å². The van der Waals surface area contributed by atoms with E-state index in [9.17, 15) is 5.11 Å². The number of para-hydroxylation sites is 1. The molecule has 0 saturated carbocycles. The minimum atomic E-state index is -0.865. The maximum Gasteiger partial charge on any atom is 0.238 e. The number of ether oxygens (including phenoxy) is 2. The summed E-state index contributed by atoms with van der Waals surface area (Å²) in [6.45, 7) is 0. The lowest BCUT2D eigenvalue weighted by molar-refractivity contribution is 0.0439. The molecule has 5 nitrogen and oxygen atoms in total. The summed E-state index contributed by atoms with van der Waals surface area (Å²) >= 11 is 0. The van der Waals surface area contributed by atoms with Gasteiger partial charge in [-0.05, 0) is 11.6 Å². The minimum Gasteiger partial charge on any atom is -0.487 e. The van der Waals surface area contributed by atoms with E-state index in [4.69, 9.17) is 9.47 Å². The number of benzene rings is 1. The number of fused-ring (bicyclic) bond motifs is 1. The molecule has 0 fully saturated rings. The zero-order valence-electron chi connectivity index (χ0n) is 10.5. The van der Waals surface area contributed by atoms with Crippen molar-refractivity contribution >= 4 is 0 Å². The van der Waals surface area contributed by atoms with Crippen LogP contribution in [0.5, 0.6) is 11.6 Å². The Kier molecular flexibility index (Phi) is 3.05. The Morgan fingerprint density at radius 1 is 1.32 bits per heavy atom. The number of nitrogens with zero attached hydrogens (tertiary/aromatic N) is 2. The summed E-state index contributed by atoms with van der Waals surface area (Å²) < 4.78 is 10.9. The van der Waals surface area contributed by atoms with Crippen LogP contribution in [-0.2, 0) is 6.42 Å². The first kappa shape index (κ1) is 11.9. The third-order valence-corrected chi connectivity index (χ3v) is 3.19. The maximum atomic E-state index is 10.4. The first-order chi connectivity index (χ1) is 9.29. The Bertz CT molecular complexity index is 563. The van der Waals surface area contributed by atoms with Gasteiger partial charge in [0, 0.05) is 18.8 Å². The predicted molar refractivity (Wildman–Crippen MR) is 68.1 cm³/mol. The highest BCUT2D eigenvalue weighted by atomic mass is 16.5. The van der Waals surface area contributed by atoms with Crippen molar-refractivity contribution < 1.29 is 14.6 Å². The van der Waals surface area contributed by atoms with Crippen LogP contribution in [0.4, 0.5) is 0 Å². The molecule has 0 spiro atoms. The SMILES string of the molecule is COc1nccnc1C(O)C1Cc2ccccc2O1. The van der Waals surface area contributed by atoms with Gasteiger partial charge in [-0.25, -0.2) is 4.98 Å². The molecule has 1 aliphatic rings. The van der Waals surface area contributed by atoms with Gasteiger partial charge in [0.15, 0.2) is 0 Å². The third kappa shape index (κ3) is 2.13. The topological polar surface area (TPSA) is 64.5 Å². The third-order valence-electron chi connectivity index (χ3n) is 3.19. The summed E-state index contributed by atoms with van der Waals surface area (Å²) in [4.78, 5) is 8.18. The second-order valence-electron chi connectivity index (χ2n) is 4.36. The highest BCUT2D eigenvalue weighted by molar-refractivity contribution is 5.38. The Morgan fingerprint density at radius 3 is 2.89 bits per heavy atom. The molecule has 0 bridgehead atoms. The zero-order valence-corrected chi connectivity index (χ0v) is 10.5. The Balaban J connectivity index is 1.85. The molecule has 0 saturated heterocycles. The lowest BCUT2D eigenvalue weighted by Crippen LogP contribution is -2.24. The van der Waals surface area contributed by atoms with Crippen molar-refractivity contribution in [1.29, 1.82) is 0 Å². The molecular formula is C14H14N2O3. The summed E-state index contributed by atoms with van der Waals surface area (Å²) in [7, 11) is 1.50. The molecule has 1 N–H and O–H groups in total. The van der Waals surface area contributed by atoms with Crippen molar-refractivity contribution in [3.8, 4) is 11.6 Å². The van der Waals surface area contributed by atoms with Gasteiger partial charge < -0.3 is 14.6 Å². The van der Waals surface area contributed by atoms with Gasteiger partial charge in [0.05, 0.1) is 7.11 Å². The van der Waals surface area contributed by atoms with E-state index in [0.717, 1.165) is 11.3 Å². The van der Waals surface area contributed by atoms with Gasteiger partial charge in [0.1, 0.15) is 23.7 Å². The second kappa shape index (κ2) is 4.85. The molecule has 1 aliphatic heterocycles. The lowest BCUT2D eigenvalue weighted by Gasteiger charge is -2.18. The molecular weight excluding hydrogens is 244 g/mol. The first-order valence-electron chi connectivity index (χ1n) is 6.07. The van der Waals surface area contributed by atoms with Crippen LogP contribution in [0.3, 0.4) is 0 Å². The molecule has 0 amide bonds. The number of aromatic nitrogens is 2. The van der Waals surface area contributed by atoms with Gasteiger partial charge in [-0.2, -0.15) is 0 Å². The van der Waals surface area contributed by atoms with E-state index in [0.29, 0.717) is 18.0 Å². The summed E-state index contributed by atoms with van der Waals surface area (Å²) in [5.41, 5.74) is 1.50. The van der Waals surface area contributed by atoms with Crippen LogP contribution in [0.2, 0.25) is 0 Å². The Hall–Kier alpha value is -2.14. The van der Waals surface area contributed by atoms with Crippen molar-refractivity contribution in [3.05, 3.63) is 47.9 Å². The van der Waals surface area contributed by atoms with E-state index >= 15 is 0 Å². The van der Waals surface area contributed by atoms with E-state index in [-0.39, 0.29) is 6.10 Å². The van der Waals surface area contributed by atoms with E-state index in [2.05, 4.69) is 9.97 Å². The standard InChI is InChI=1S/C14H14N2O3/c1-18-14-12(15-6-7-16-14)13(17)11-8-9-4-2-3-5-10(9)19-11/h2-7,11,13,17H,8H2,1H3. The van der Waals surface area contributed by atoms with Crippen LogP contribution < -0.4 is 9.47 Å². The molecule has 2 unspecified atom stereocenters. The normalized spacial score (nSPS) is 18.5. The van der Waals surface area contributed by atoms with Crippen molar-refractivity contribution in [2.75, 3.05) is 7.11 Å². The summed E-state index contributed by atoms with van der Waals surface area (Å²) in [6, 6.07) is 7.77. The highest BCUT2D eigenvalue weighted by Gasteiger charge is 2.32. The molecule has 2 atom stereocenters. The number of aliphatic hydroxyl groups excluding tert-OH is 1. The fourth-order valence-electron chi connectivity index (χ4n) is 2.26. The van der Waals surface area contributed by atoms with Crippen LogP contribution >= 0.6 is 0 Å². The highest BCUT2D eigenvalue weighted by Crippen LogP contribution is 2.35. The number of methoxy groups -OCH3 is 1. The minimum absolute atomic E-state index is 0.328. The van der Waals surface area contributed by atoms with Crippen molar-refractivity contribution in [1.82, 2.24) is 9.97 Å². The largest absolute Gasteiger partial charge is 0.487 e. The van der Waals surface area contributed by atoms with Crippen molar-refractivity contribution in [3.63, 3.8) is 0 Å². The van der Waals surface area contributed by atoms with Crippen molar-refractivity contribution in [2.24, 2.45) is 0 Å². The molecule has 98 valence electrons. The monoisotopic (exact) mass is 258 g/mol. The average Bonchev–Trinajstić information content (AvgIpc) is 2.90. The van der Waals surface area contributed by atoms with E-state index in [1.54, 1.807) is 0 Å². The zero-order chi connectivity index (χ0) is 13.2. The molecule has 0 radical (unpaired) electrons. The number of rotatable bonds is 3. The molecule has 5 heteroatoms. The fraction of sp³-hybridized carbons (Fsp3) is 0.286. The number of hydrogen-bond donors (Lipinski definition) is 1. The molecule has 19 heavy (non-hydrogen) atoms. The molecule has 2 heterocycles. The van der Waals surface area contributed by atoms with E-state index in [1.165, 1.54) is 19.5 Å². The van der Waals surface area contributed by atoms with E-state index < -0.39 is 6.10 Å². The molecule has 1 aromatic heterocycles. The maximum absolute atomic E-state index is 10.4. The van der Waals surface area contributed by atoms with Gasteiger partial charge >= 0.3 is 0 Å². The molecule has 2 aromatic rings. The fourth-order valence-corrected chi connectivity index (χ4v) is 2.26. The van der Waals surface area contributed by atoms with Crippen LogP contribution in [0.15, 0.2) is 36.7 Å². The quantitative estimate of drug-likeness (QED) is 0.904. The molecule has 1 aromatic carbocycles. The van der Waals surface area contributed by atoms with E-state index in [1.807, 2.05) is 24.3 Å². The Morgan fingerprint density at radius 2 is 2.11 bits per heavy atom. The van der Waals surface area contributed by atoms with Crippen molar-refractivity contribution in [2.45, 2.75) is 18.6 Å². The van der Waals surface area contributed by atoms with Gasteiger partial charge in [0.25, 0.3) is 0 Å². The van der Waals surface area contributed by atoms with Gasteiger partial charge in [-0.15, -0.1) is 0 Å².